The standard InChI is InChI=1S/C8H8N2.C2H6/c1-3-4-8-5-9-7(2)10-6-8;1-2/h5-6H,1-2H3;1-2H3. The maximum Gasteiger partial charge on any atom is 0.125 e. The molecule has 0 amide bonds. The lowest BCUT2D eigenvalue weighted by atomic mass is 10.3. The fourth-order valence-corrected chi connectivity index (χ4v) is 0.601. The van der Waals surface area contributed by atoms with Gasteiger partial charge < -0.3 is 0 Å². The zero-order valence-electron chi connectivity index (χ0n) is 8.05. The Balaban J connectivity index is 0.000000561. The molecule has 0 aliphatic carbocycles. The fourth-order valence-electron chi connectivity index (χ4n) is 0.601. The van der Waals surface area contributed by atoms with Crippen LogP contribution in [0.2, 0.25) is 0 Å². The Hall–Kier alpha value is -1.36. The Labute approximate surface area is 74.1 Å². The second-order valence-corrected chi connectivity index (χ2v) is 1.89. The SMILES string of the molecule is CC.CC#Cc1cnc(C)nc1. The van der Waals surface area contributed by atoms with E-state index >= 15 is 0 Å². The van der Waals surface area contributed by atoms with E-state index in [1.54, 1.807) is 19.3 Å². The van der Waals surface area contributed by atoms with Gasteiger partial charge in [0.25, 0.3) is 0 Å². The Morgan fingerprint density at radius 1 is 1.17 bits per heavy atom. The lowest BCUT2D eigenvalue weighted by Crippen LogP contribution is -1.86. The molecule has 1 aromatic rings. The molecule has 1 aromatic heterocycles. The molecule has 0 atom stereocenters. The van der Waals surface area contributed by atoms with Gasteiger partial charge in [-0.3, -0.25) is 0 Å². The van der Waals surface area contributed by atoms with Gasteiger partial charge in [0.05, 0.1) is 5.56 Å². The normalized spacial score (nSPS) is 7.33. The number of hydrogen-bond acceptors (Lipinski definition) is 2. The van der Waals surface area contributed by atoms with Crippen LogP contribution < -0.4 is 0 Å². The molecule has 0 aliphatic heterocycles. The van der Waals surface area contributed by atoms with E-state index in [1.807, 2.05) is 20.8 Å². The van der Waals surface area contributed by atoms with E-state index in [-0.39, 0.29) is 0 Å². The van der Waals surface area contributed by atoms with Crippen molar-refractivity contribution < 1.29 is 0 Å². The van der Waals surface area contributed by atoms with E-state index in [1.165, 1.54) is 0 Å². The molecule has 2 nitrogen and oxygen atoms in total. The first kappa shape index (κ1) is 10.6. The van der Waals surface area contributed by atoms with Crippen molar-refractivity contribution in [1.29, 1.82) is 0 Å². The van der Waals surface area contributed by atoms with Crippen LogP contribution >= 0.6 is 0 Å². The van der Waals surface area contributed by atoms with E-state index in [2.05, 4.69) is 21.8 Å². The highest BCUT2D eigenvalue weighted by Crippen LogP contribution is 1.91. The highest BCUT2D eigenvalue weighted by atomic mass is 14.8. The molecule has 0 unspecified atom stereocenters. The molecule has 0 bridgehead atoms. The molecule has 2 heteroatoms. The minimum absolute atomic E-state index is 0.779. The summed E-state index contributed by atoms with van der Waals surface area (Å²) in [6, 6.07) is 0. The molecular formula is C10H14N2. The summed E-state index contributed by atoms with van der Waals surface area (Å²) in [5, 5.41) is 0. The summed E-state index contributed by atoms with van der Waals surface area (Å²) in [7, 11) is 0. The summed E-state index contributed by atoms with van der Waals surface area (Å²) >= 11 is 0. The number of aromatic nitrogens is 2. The average molecular weight is 162 g/mol. The lowest BCUT2D eigenvalue weighted by Gasteiger charge is -1.88. The van der Waals surface area contributed by atoms with Crippen molar-refractivity contribution in [1.82, 2.24) is 9.97 Å². The predicted octanol–water partition coefficient (Wildman–Crippen LogP) is 2.18. The zero-order chi connectivity index (χ0) is 9.40. The van der Waals surface area contributed by atoms with E-state index < -0.39 is 0 Å². The van der Waals surface area contributed by atoms with Crippen LogP contribution in [-0.4, -0.2) is 9.97 Å². The number of hydrogen-bond donors (Lipinski definition) is 0. The van der Waals surface area contributed by atoms with Crippen molar-refractivity contribution in [3.05, 3.63) is 23.8 Å². The smallest absolute Gasteiger partial charge is 0.125 e. The Bertz CT molecular complexity index is 264. The third-order valence-electron chi connectivity index (χ3n) is 1.05. The molecule has 0 radical (unpaired) electrons. The number of aryl methyl sites for hydroxylation is 1. The second-order valence-electron chi connectivity index (χ2n) is 1.89. The fraction of sp³-hybridized carbons (Fsp3) is 0.400. The summed E-state index contributed by atoms with van der Waals surface area (Å²) in [4.78, 5) is 7.97. The minimum atomic E-state index is 0.779. The van der Waals surface area contributed by atoms with Crippen LogP contribution in [0, 0.1) is 18.8 Å². The lowest BCUT2D eigenvalue weighted by molar-refractivity contribution is 1.05. The number of nitrogens with zero attached hydrogens (tertiary/aromatic N) is 2. The first-order valence-electron chi connectivity index (χ1n) is 4.04. The maximum absolute atomic E-state index is 3.98. The molecule has 0 aromatic carbocycles. The van der Waals surface area contributed by atoms with Gasteiger partial charge >= 0.3 is 0 Å². The van der Waals surface area contributed by atoms with Crippen LogP contribution in [0.3, 0.4) is 0 Å². The van der Waals surface area contributed by atoms with Crippen LogP contribution in [0.5, 0.6) is 0 Å². The zero-order valence-corrected chi connectivity index (χ0v) is 8.05. The molecule has 0 saturated heterocycles. The molecule has 0 aliphatic rings. The van der Waals surface area contributed by atoms with Gasteiger partial charge in [-0.15, -0.1) is 5.92 Å². The van der Waals surface area contributed by atoms with Gasteiger partial charge in [-0.2, -0.15) is 0 Å². The third kappa shape index (κ3) is 3.72. The van der Waals surface area contributed by atoms with Gasteiger partial charge in [0.2, 0.25) is 0 Å². The third-order valence-corrected chi connectivity index (χ3v) is 1.05. The molecule has 0 saturated carbocycles. The average Bonchev–Trinajstić information content (AvgIpc) is 2.13. The summed E-state index contributed by atoms with van der Waals surface area (Å²) in [6.07, 6.45) is 3.44. The highest BCUT2D eigenvalue weighted by Gasteiger charge is 1.86. The Kier molecular flexibility index (Phi) is 5.64. The van der Waals surface area contributed by atoms with Gasteiger partial charge in [0.15, 0.2) is 0 Å². The van der Waals surface area contributed by atoms with Crippen molar-refractivity contribution in [2.45, 2.75) is 27.7 Å². The molecular weight excluding hydrogens is 148 g/mol. The van der Waals surface area contributed by atoms with Gasteiger partial charge in [-0.25, -0.2) is 9.97 Å². The topological polar surface area (TPSA) is 25.8 Å². The van der Waals surface area contributed by atoms with E-state index in [0.29, 0.717) is 0 Å². The van der Waals surface area contributed by atoms with Gasteiger partial charge in [-0.05, 0) is 13.8 Å². The Morgan fingerprint density at radius 3 is 2.08 bits per heavy atom. The van der Waals surface area contributed by atoms with Gasteiger partial charge in [0.1, 0.15) is 5.82 Å². The van der Waals surface area contributed by atoms with Gasteiger partial charge in [0, 0.05) is 12.4 Å². The van der Waals surface area contributed by atoms with Crippen molar-refractivity contribution >= 4 is 0 Å². The van der Waals surface area contributed by atoms with Crippen molar-refractivity contribution in [2.75, 3.05) is 0 Å². The van der Waals surface area contributed by atoms with Crippen molar-refractivity contribution in [3.63, 3.8) is 0 Å². The van der Waals surface area contributed by atoms with Crippen LogP contribution in [-0.2, 0) is 0 Å². The summed E-state index contributed by atoms with van der Waals surface area (Å²) < 4.78 is 0. The minimum Gasteiger partial charge on any atom is -0.240 e. The van der Waals surface area contributed by atoms with Crippen molar-refractivity contribution in [2.24, 2.45) is 0 Å². The van der Waals surface area contributed by atoms with E-state index in [4.69, 9.17) is 0 Å². The first-order chi connectivity index (χ1) is 5.83. The summed E-state index contributed by atoms with van der Waals surface area (Å²) in [5.41, 5.74) is 0.869. The van der Waals surface area contributed by atoms with E-state index in [0.717, 1.165) is 11.4 Å². The quantitative estimate of drug-likeness (QED) is 0.546. The predicted molar refractivity (Wildman–Crippen MR) is 50.7 cm³/mol. The van der Waals surface area contributed by atoms with Crippen LogP contribution in [0.1, 0.15) is 32.2 Å². The van der Waals surface area contributed by atoms with Crippen LogP contribution in [0.4, 0.5) is 0 Å². The molecule has 0 N–H and O–H groups in total. The van der Waals surface area contributed by atoms with Crippen LogP contribution in [0.15, 0.2) is 12.4 Å². The van der Waals surface area contributed by atoms with Crippen LogP contribution in [0.25, 0.3) is 0 Å². The Morgan fingerprint density at radius 2 is 1.67 bits per heavy atom. The molecule has 0 fully saturated rings. The molecule has 12 heavy (non-hydrogen) atoms. The molecule has 0 spiro atoms. The summed E-state index contributed by atoms with van der Waals surface area (Å²) in [6.45, 7) is 7.64. The molecule has 1 heterocycles. The summed E-state index contributed by atoms with van der Waals surface area (Å²) in [5.74, 6) is 6.41. The van der Waals surface area contributed by atoms with Crippen molar-refractivity contribution in [3.8, 4) is 11.8 Å². The molecule has 1 rings (SSSR count). The maximum atomic E-state index is 3.98. The molecule has 64 valence electrons. The highest BCUT2D eigenvalue weighted by molar-refractivity contribution is 5.28. The van der Waals surface area contributed by atoms with Gasteiger partial charge in [-0.1, -0.05) is 19.8 Å². The monoisotopic (exact) mass is 162 g/mol. The first-order valence-corrected chi connectivity index (χ1v) is 4.04. The second kappa shape index (κ2) is 6.36. The van der Waals surface area contributed by atoms with E-state index in [9.17, 15) is 0 Å². The largest absolute Gasteiger partial charge is 0.240 e. The number of rotatable bonds is 0.